The van der Waals surface area contributed by atoms with Crippen molar-refractivity contribution in [2.24, 2.45) is 52.3 Å². The third-order valence-corrected chi connectivity index (χ3v) is 16.5. The summed E-state index contributed by atoms with van der Waals surface area (Å²) in [6.45, 7) is 16.9. The van der Waals surface area contributed by atoms with Gasteiger partial charge >= 0.3 is 5.97 Å². The van der Waals surface area contributed by atoms with E-state index in [9.17, 15) is 20.1 Å². The molecule has 0 aromatic carbocycles. The zero-order valence-electron chi connectivity index (χ0n) is 38.4. The number of carbonyl (C=O) groups excluding carboxylic acids is 1. The van der Waals surface area contributed by atoms with Gasteiger partial charge in [-0.2, -0.15) is 0 Å². The van der Waals surface area contributed by atoms with Gasteiger partial charge in [0.05, 0.1) is 6.10 Å². The summed E-state index contributed by atoms with van der Waals surface area (Å²) in [5.41, 5.74) is 2.11. The van der Waals surface area contributed by atoms with Gasteiger partial charge in [0, 0.05) is 6.42 Å². The van der Waals surface area contributed by atoms with Crippen molar-refractivity contribution in [1.82, 2.24) is 0 Å². The third kappa shape index (κ3) is 12.5. The Balaban J connectivity index is 1.03. The van der Waals surface area contributed by atoms with E-state index >= 15 is 0 Å². The summed E-state index contributed by atoms with van der Waals surface area (Å²) in [5.74, 6) is 5.12. The summed E-state index contributed by atoms with van der Waals surface area (Å²) in [7, 11) is 0. The fraction of sp³-hybridized carbons (Fsp3) is 0.827. The number of esters is 1. The van der Waals surface area contributed by atoms with Crippen LogP contribution in [0.1, 0.15) is 177 Å². The average molecular weight is 823 g/mol. The van der Waals surface area contributed by atoms with Gasteiger partial charge in [0.25, 0.3) is 0 Å². The molecule has 336 valence electrons. The Kier molecular flexibility index (Phi) is 18.9. The molecule has 1 saturated heterocycles. The van der Waals surface area contributed by atoms with E-state index in [1.165, 1.54) is 44.1 Å². The number of fused-ring (bicyclic) bond motifs is 5. The fourth-order valence-corrected chi connectivity index (χ4v) is 12.3. The lowest BCUT2D eigenvalue weighted by Crippen LogP contribution is -2.60. The molecule has 0 aromatic heterocycles. The Morgan fingerprint density at radius 3 is 2.29 bits per heavy atom. The van der Waals surface area contributed by atoms with E-state index in [0.29, 0.717) is 17.8 Å². The maximum absolute atomic E-state index is 12.6. The summed E-state index contributed by atoms with van der Waals surface area (Å²) in [5, 5.41) is 32.5. The Morgan fingerprint density at radius 2 is 1.54 bits per heavy atom. The van der Waals surface area contributed by atoms with E-state index in [-0.39, 0.29) is 24.1 Å². The van der Waals surface area contributed by atoms with Crippen LogP contribution in [-0.4, -0.2) is 64.7 Å². The molecular formula is C52H86O7. The predicted octanol–water partition coefficient (Wildman–Crippen LogP) is 11.6. The molecule has 1 aliphatic heterocycles. The number of aliphatic hydroxyl groups is 3. The van der Waals surface area contributed by atoms with Crippen LogP contribution in [0, 0.1) is 52.3 Å². The minimum absolute atomic E-state index is 0.147. The third-order valence-electron chi connectivity index (χ3n) is 16.5. The highest BCUT2D eigenvalue weighted by Gasteiger charge is 2.59. The smallest absolute Gasteiger partial charge is 0.305 e. The van der Waals surface area contributed by atoms with Crippen LogP contribution < -0.4 is 0 Å². The molecule has 7 heteroatoms. The zero-order chi connectivity index (χ0) is 42.6. The number of aliphatic hydroxyl groups excluding tert-OH is 3. The van der Waals surface area contributed by atoms with Gasteiger partial charge in [-0.3, -0.25) is 4.79 Å². The minimum atomic E-state index is -1.45. The van der Waals surface area contributed by atoms with Crippen molar-refractivity contribution < 1.29 is 34.3 Å². The van der Waals surface area contributed by atoms with Crippen LogP contribution in [0.3, 0.4) is 0 Å². The highest BCUT2D eigenvalue weighted by molar-refractivity contribution is 5.69. The summed E-state index contributed by atoms with van der Waals surface area (Å²) in [6, 6.07) is 0. The molecular weight excluding hydrogens is 737 g/mol. The molecule has 0 spiro atoms. The van der Waals surface area contributed by atoms with Crippen LogP contribution >= 0.6 is 0 Å². The Morgan fingerprint density at radius 1 is 0.831 bits per heavy atom. The number of carbonyl (C=O) groups is 1. The molecule has 0 bridgehead atoms. The predicted molar refractivity (Wildman–Crippen MR) is 239 cm³/mol. The summed E-state index contributed by atoms with van der Waals surface area (Å²) in [4.78, 5) is 12.6. The summed E-state index contributed by atoms with van der Waals surface area (Å²) < 4.78 is 18.0. The summed E-state index contributed by atoms with van der Waals surface area (Å²) >= 11 is 0. The number of ether oxygens (including phenoxy) is 3. The van der Waals surface area contributed by atoms with Gasteiger partial charge in [-0.1, -0.05) is 129 Å². The molecule has 3 saturated carbocycles. The number of allylic oxidation sites excluding steroid dienone is 7. The monoisotopic (exact) mass is 823 g/mol. The van der Waals surface area contributed by atoms with Gasteiger partial charge < -0.3 is 29.5 Å². The normalized spacial score (nSPS) is 37.1. The maximum Gasteiger partial charge on any atom is 0.305 e. The van der Waals surface area contributed by atoms with Crippen LogP contribution in [0.2, 0.25) is 0 Å². The van der Waals surface area contributed by atoms with Crippen molar-refractivity contribution >= 4 is 5.97 Å². The Hall–Kier alpha value is -1.77. The van der Waals surface area contributed by atoms with Crippen molar-refractivity contribution in [3.63, 3.8) is 0 Å². The standard InChI is InChI=1S/C52H86O7/c1-8-9-10-11-12-13-14-15-16-17-18-19-20-21-22-23-46(53)57-35-45-47(54)48(55)49(56)50(59-45)58-40-30-32-51(6)39(34-40)26-27-41-43-29-28-42(52(43,7)33-31-44(41)51)38(5)25-24-37(4)36(2)3/h9-10,12-13,15-16,26,36-38,40-45,47-50,54-56H,8,11,14,17-25,27-35H2,1-7H3/b10-9-,13-12-,16-15-/t37-,38-,40+,41+,42-,43+,44+,45?,47-,48?,49?,50-,51+,52-/m1/s1. The van der Waals surface area contributed by atoms with E-state index in [1.54, 1.807) is 0 Å². The van der Waals surface area contributed by atoms with Crippen molar-refractivity contribution in [2.45, 2.75) is 214 Å². The van der Waals surface area contributed by atoms with Crippen LogP contribution in [0.25, 0.3) is 0 Å². The summed E-state index contributed by atoms with van der Waals surface area (Å²) in [6.07, 6.45) is 31.0. The molecule has 5 aliphatic rings. The van der Waals surface area contributed by atoms with Crippen LogP contribution in [0.4, 0.5) is 0 Å². The number of hydrogen-bond acceptors (Lipinski definition) is 7. The molecule has 3 unspecified atom stereocenters. The molecule has 0 aromatic rings. The van der Waals surface area contributed by atoms with E-state index in [2.05, 4.69) is 91.0 Å². The second-order valence-corrected chi connectivity index (χ2v) is 20.6. The molecule has 14 atom stereocenters. The first-order chi connectivity index (χ1) is 28.3. The Labute approximate surface area is 359 Å². The second-order valence-electron chi connectivity index (χ2n) is 20.6. The van der Waals surface area contributed by atoms with Gasteiger partial charge in [-0.15, -0.1) is 0 Å². The lowest BCUT2D eigenvalue weighted by Gasteiger charge is -2.58. The largest absolute Gasteiger partial charge is 0.463 e. The van der Waals surface area contributed by atoms with E-state index in [0.717, 1.165) is 119 Å². The average Bonchev–Trinajstić information content (AvgIpc) is 3.58. The fourth-order valence-electron chi connectivity index (χ4n) is 12.3. The lowest BCUT2D eigenvalue weighted by molar-refractivity contribution is -0.313. The van der Waals surface area contributed by atoms with E-state index in [1.807, 2.05) is 0 Å². The first-order valence-electron chi connectivity index (χ1n) is 24.4. The second kappa shape index (κ2) is 23.1. The van der Waals surface area contributed by atoms with Gasteiger partial charge in [-0.05, 0) is 142 Å². The van der Waals surface area contributed by atoms with E-state index in [4.69, 9.17) is 14.2 Å². The molecule has 7 nitrogen and oxygen atoms in total. The molecule has 3 N–H and O–H groups in total. The maximum atomic E-state index is 12.6. The molecule has 4 aliphatic carbocycles. The van der Waals surface area contributed by atoms with Crippen molar-refractivity contribution in [3.8, 4) is 0 Å². The molecule has 5 rings (SSSR count). The zero-order valence-corrected chi connectivity index (χ0v) is 38.4. The topological polar surface area (TPSA) is 105 Å². The van der Waals surface area contributed by atoms with Crippen LogP contribution in [-0.2, 0) is 19.0 Å². The van der Waals surface area contributed by atoms with Crippen LogP contribution in [0.15, 0.2) is 48.1 Å². The molecule has 59 heavy (non-hydrogen) atoms. The molecule has 0 amide bonds. The number of unbranched alkanes of at least 4 members (excludes halogenated alkanes) is 5. The van der Waals surface area contributed by atoms with Gasteiger partial charge in [0.2, 0.25) is 0 Å². The van der Waals surface area contributed by atoms with Gasteiger partial charge in [0.1, 0.15) is 31.0 Å². The highest BCUT2D eigenvalue weighted by Crippen LogP contribution is 2.67. The SMILES string of the molecule is CC/C=C\C/C=C\C/C=C\CCCCCCCC(=O)OCC1O[C@@H](O[C@H]2CC[C@@]3(C)C(=CC[C@H]4[C@@H]5CC[C@H]([C@H](C)CC[C@@H](C)C(C)C)[C@@]5(C)CC[C@@H]43)C2)C(O)C(O)[C@@H]1O. The number of hydrogen-bond donors (Lipinski definition) is 3. The van der Waals surface area contributed by atoms with Crippen LogP contribution in [0.5, 0.6) is 0 Å². The first-order valence-corrected chi connectivity index (χ1v) is 24.4. The number of rotatable bonds is 22. The quantitative estimate of drug-likeness (QED) is 0.0567. The molecule has 4 fully saturated rings. The van der Waals surface area contributed by atoms with Gasteiger partial charge in [0.15, 0.2) is 6.29 Å². The van der Waals surface area contributed by atoms with Crippen molar-refractivity contribution in [2.75, 3.05) is 6.61 Å². The minimum Gasteiger partial charge on any atom is -0.463 e. The highest BCUT2D eigenvalue weighted by atomic mass is 16.7. The first kappa shape index (κ1) is 48.3. The Bertz CT molecular complexity index is 1400. The van der Waals surface area contributed by atoms with Gasteiger partial charge in [-0.25, -0.2) is 0 Å². The molecule has 0 radical (unpaired) electrons. The lowest BCUT2D eigenvalue weighted by atomic mass is 9.47. The van der Waals surface area contributed by atoms with Crippen molar-refractivity contribution in [3.05, 3.63) is 48.1 Å². The molecule has 1 heterocycles. The van der Waals surface area contributed by atoms with E-state index < -0.39 is 30.7 Å². The van der Waals surface area contributed by atoms with Crippen molar-refractivity contribution in [1.29, 1.82) is 0 Å².